The lowest BCUT2D eigenvalue weighted by molar-refractivity contribution is -0.137. The van der Waals surface area contributed by atoms with Gasteiger partial charge in [-0.15, -0.1) is 11.3 Å². The topological polar surface area (TPSA) is 74.7 Å². The van der Waals surface area contributed by atoms with Gasteiger partial charge in [-0.2, -0.15) is 4.31 Å². The van der Waals surface area contributed by atoms with Gasteiger partial charge >= 0.3 is 5.97 Å². The Morgan fingerprint density at radius 3 is 2.58 bits per heavy atom. The Kier molecular flexibility index (Phi) is 5.81. The molecule has 0 aromatic carbocycles. The third-order valence-electron chi connectivity index (χ3n) is 2.56. The lowest BCUT2D eigenvalue weighted by Crippen LogP contribution is -2.41. The summed E-state index contributed by atoms with van der Waals surface area (Å²) < 4.78 is 26.4. The Labute approximate surface area is 129 Å². The normalized spacial score (nSPS) is 13.7. The van der Waals surface area contributed by atoms with Crippen LogP contribution in [0, 0.1) is 0 Å². The van der Waals surface area contributed by atoms with E-state index in [4.69, 9.17) is 16.7 Å². The van der Waals surface area contributed by atoms with E-state index in [2.05, 4.69) is 15.9 Å². The zero-order valence-corrected chi connectivity index (χ0v) is 14.2. The molecule has 1 rings (SSSR count). The highest BCUT2D eigenvalue weighted by Crippen LogP contribution is 2.36. The molecular weight excluding hydrogens is 378 g/mol. The van der Waals surface area contributed by atoms with E-state index in [9.17, 15) is 13.2 Å². The summed E-state index contributed by atoms with van der Waals surface area (Å²) in [6.07, 6.45) is 0.521. The highest BCUT2D eigenvalue weighted by Gasteiger charge is 2.32. The van der Waals surface area contributed by atoms with Gasteiger partial charge in [-0.05, 0) is 35.3 Å². The fourth-order valence-electron chi connectivity index (χ4n) is 1.38. The second-order valence-electron chi connectivity index (χ2n) is 3.89. The first-order valence-corrected chi connectivity index (χ1v) is 8.81. The second kappa shape index (κ2) is 6.53. The number of sulfonamides is 1. The molecule has 1 unspecified atom stereocenters. The van der Waals surface area contributed by atoms with Crippen LogP contribution in [0.2, 0.25) is 5.02 Å². The number of hydrogen-bond donors (Lipinski definition) is 1. The highest BCUT2D eigenvalue weighted by molar-refractivity contribution is 9.11. The molecule has 5 nitrogen and oxygen atoms in total. The maximum Gasteiger partial charge on any atom is 0.318 e. The number of carboxylic acids is 1. The third kappa shape index (κ3) is 3.91. The maximum atomic E-state index is 12.4. The number of halogens is 2. The summed E-state index contributed by atoms with van der Waals surface area (Å²) >= 11 is 9.94. The molecule has 108 valence electrons. The molecule has 0 saturated carbocycles. The van der Waals surface area contributed by atoms with Crippen molar-refractivity contribution in [3.05, 3.63) is 14.9 Å². The lowest BCUT2D eigenvalue weighted by atomic mass is 10.2. The van der Waals surface area contributed by atoms with Gasteiger partial charge in [0.25, 0.3) is 10.0 Å². The first-order valence-electron chi connectivity index (χ1n) is 5.38. The minimum atomic E-state index is -3.85. The quantitative estimate of drug-likeness (QED) is 0.810. The molecule has 0 radical (unpaired) electrons. The Morgan fingerprint density at radius 2 is 2.21 bits per heavy atom. The van der Waals surface area contributed by atoms with E-state index < -0.39 is 28.6 Å². The van der Waals surface area contributed by atoms with Crippen molar-refractivity contribution < 1.29 is 18.3 Å². The molecular formula is C10H13BrClNO4S2. The van der Waals surface area contributed by atoms with E-state index in [0.29, 0.717) is 15.2 Å². The number of nitrogens with zero attached hydrogens (tertiary/aromatic N) is 1. The second-order valence-corrected chi connectivity index (χ2v) is 8.78. The fourth-order valence-corrected chi connectivity index (χ4v) is 5.57. The van der Waals surface area contributed by atoms with Crippen LogP contribution in [0.25, 0.3) is 0 Å². The van der Waals surface area contributed by atoms with Crippen LogP contribution in [0.1, 0.15) is 20.3 Å². The zero-order chi connectivity index (χ0) is 14.8. The van der Waals surface area contributed by atoms with Gasteiger partial charge in [0.2, 0.25) is 0 Å². The number of carbonyl (C=O) groups is 1. The molecule has 0 amide bonds. The van der Waals surface area contributed by atoms with Gasteiger partial charge < -0.3 is 5.11 Å². The molecule has 0 bridgehead atoms. The Bertz CT molecular complexity index is 553. The summed E-state index contributed by atoms with van der Waals surface area (Å²) in [5.41, 5.74) is 0. The zero-order valence-electron chi connectivity index (χ0n) is 10.3. The highest BCUT2D eigenvalue weighted by atomic mass is 79.9. The molecule has 9 heteroatoms. The molecule has 0 aliphatic rings. The molecule has 1 N–H and O–H groups in total. The summed E-state index contributed by atoms with van der Waals surface area (Å²) in [5.74, 6) is -1.19. The number of thiophene rings is 1. The van der Waals surface area contributed by atoms with Gasteiger partial charge in [0.15, 0.2) is 0 Å². The van der Waals surface area contributed by atoms with Crippen molar-refractivity contribution >= 4 is 54.9 Å². The summed E-state index contributed by atoms with van der Waals surface area (Å²) in [5, 5.41) is 9.15. The first kappa shape index (κ1) is 16.9. The van der Waals surface area contributed by atoms with Crippen molar-refractivity contribution in [1.29, 1.82) is 0 Å². The van der Waals surface area contributed by atoms with E-state index >= 15 is 0 Å². The SMILES string of the molecule is CCC(C)N(CC(=O)O)S(=O)(=O)c1cc(Cl)c(Br)s1. The number of aliphatic carboxylic acids is 1. The molecule has 0 aliphatic heterocycles. The Morgan fingerprint density at radius 1 is 1.63 bits per heavy atom. The summed E-state index contributed by atoms with van der Waals surface area (Å²) in [6, 6.07) is 0.920. The average molecular weight is 391 g/mol. The van der Waals surface area contributed by atoms with E-state index in [1.165, 1.54) is 6.07 Å². The molecule has 0 saturated heterocycles. The van der Waals surface area contributed by atoms with Gasteiger partial charge in [-0.3, -0.25) is 4.79 Å². The van der Waals surface area contributed by atoms with Crippen LogP contribution < -0.4 is 0 Å². The minimum Gasteiger partial charge on any atom is -0.480 e. The monoisotopic (exact) mass is 389 g/mol. The summed E-state index contributed by atoms with van der Waals surface area (Å²) in [6.45, 7) is 2.90. The van der Waals surface area contributed by atoms with Gasteiger partial charge in [0.05, 0.1) is 8.81 Å². The summed E-state index contributed by atoms with van der Waals surface area (Å²) in [4.78, 5) is 10.8. The minimum absolute atomic E-state index is 0.0333. The molecule has 1 heterocycles. The first-order chi connectivity index (χ1) is 8.70. The van der Waals surface area contributed by atoms with Gasteiger partial charge in [0, 0.05) is 6.04 Å². The largest absolute Gasteiger partial charge is 0.480 e. The van der Waals surface area contributed by atoms with Gasteiger partial charge in [-0.25, -0.2) is 8.42 Å². The Hall–Kier alpha value is -0.150. The molecule has 0 aliphatic carbocycles. The fraction of sp³-hybridized carbons (Fsp3) is 0.500. The molecule has 19 heavy (non-hydrogen) atoms. The van der Waals surface area contributed by atoms with Crippen molar-refractivity contribution in [2.75, 3.05) is 6.54 Å². The molecule has 1 atom stereocenters. The van der Waals surface area contributed by atoms with Crippen LogP contribution in [0.3, 0.4) is 0 Å². The summed E-state index contributed by atoms with van der Waals surface area (Å²) in [7, 11) is -3.85. The van der Waals surface area contributed by atoms with Crippen LogP contribution in [0.5, 0.6) is 0 Å². The number of hydrogen-bond acceptors (Lipinski definition) is 4. The van der Waals surface area contributed by atoms with Crippen LogP contribution in [-0.2, 0) is 14.8 Å². The van der Waals surface area contributed by atoms with Gasteiger partial charge in [0.1, 0.15) is 10.8 Å². The van der Waals surface area contributed by atoms with Crippen molar-refractivity contribution in [2.24, 2.45) is 0 Å². The van der Waals surface area contributed by atoms with Crippen LogP contribution in [-0.4, -0.2) is 36.4 Å². The van der Waals surface area contributed by atoms with E-state index in [1.807, 2.05) is 0 Å². The Balaban J connectivity index is 3.22. The molecule has 1 aromatic heterocycles. The average Bonchev–Trinajstić information content (AvgIpc) is 2.66. The lowest BCUT2D eigenvalue weighted by Gasteiger charge is -2.25. The maximum absolute atomic E-state index is 12.4. The van der Waals surface area contributed by atoms with Crippen molar-refractivity contribution in [2.45, 2.75) is 30.5 Å². The van der Waals surface area contributed by atoms with E-state index in [1.54, 1.807) is 13.8 Å². The number of carboxylic acid groups (broad SMARTS) is 1. The predicted molar refractivity (Wildman–Crippen MR) is 78.3 cm³/mol. The predicted octanol–water partition coefficient (Wildman–Crippen LogP) is 3.04. The number of rotatable bonds is 6. The van der Waals surface area contributed by atoms with Crippen molar-refractivity contribution in [3.63, 3.8) is 0 Å². The smallest absolute Gasteiger partial charge is 0.318 e. The van der Waals surface area contributed by atoms with E-state index in [-0.39, 0.29) is 4.21 Å². The van der Waals surface area contributed by atoms with Crippen LogP contribution >= 0.6 is 38.9 Å². The van der Waals surface area contributed by atoms with Gasteiger partial charge in [-0.1, -0.05) is 18.5 Å². The van der Waals surface area contributed by atoms with E-state index in [0.717, 1.165) is 15.6 Å². The van der Waals surface area contributed by atoms with Crippen LogP contribution in [0.15, 0.2) is 14.1 Å². The van der Waals surface area contributed by atoms with Crippen molar-refractivity contribution in [3.8, 4) is 0 Å². The molecule has 0 spiro atoms. The standard InChI is InChI=1S/C10H13BrClNO4S2/c1-3-6(2)13(5-8(14)15)19(16,17)9-4-7(12)10(11)18-9/h4,6H,3,5H2,1-2H3,(H,14,15). The molecule has 1 aromatic rings. The third-order valence-corrected chi connectivity index (χ3v) is 7.44. The molecule has 0 fully saturated rings. The van der Waals surface area contributed by atoms with Crippen LogP contribution in [0.4, 0.5) is 0 Å². The van der Waals surface area contributed by atoms with Crippen molar-refractivity contribution in [1.82, 2.24) is 4.31 Å².